The maximum Gasteiger partial charge on any atom is 0.247 e. The van der Waals surface area contributed by atoms with Gasteiger partial charge in [-0.25, -0.2) is 4.39 Å². The van der Waals surface area contributed by atoms with E-state index in [-0.39, 0.29) is 23.6 Å². The average Bonchev–Trinajstić information content (AvgIpc) is 2.74. The van der Waals surface area contributed by atoms with Crippen molar-refractivity contribution in [2.45, 2.75) is 25.9 Å². The molecule has 0 aliphatic carbocycles. The van der Waals surface area contributed by atoms with Gasteiger partial charge in [-0.3, -0.25) is 9.63 Å². The number of hydroxylamine groups is 1. The summed E-state index contributed by atoms with van der Waals surface area (Å²) >= 11 is 0. The first kappa shape index (κ1) is 21.4. The summed E-state index contributed by atoms with van der Waals surface area (Å²) in [7, 11) is 1.71. The van der Waals surface area contributed by atoms with Crippen LogP contribution in [0, 0.1) is 11.7 Å². The SMILES string of the molecule is CO[C@H]1CN(CCc2ccccc2)CC[C@H]1CON(C(C)=O)c1ccccc1F. The smallest absolute Gasteiger partial charge is 0.247 e. The van der Waals surface area contributed by atoms with Crippen molar-refractivity contribution < 1.29 is 18.8 Å². The Morgan fingerprint density at radius 2 is 1.90 bits per heavy atom. The quantitative estimate of drug-likeness (QED) is 0.634. The lowest BCUT2D eigenvalue weighted by Gasteiger charge is -2.38. The third-order valence-electron chi connectivity index (χ3n) is 5.42. The number of carbonyl (C=O) groups is 1. The fourth-order valence-electron chi connectivity index (χ4n) is 3.74. The van der Waals surface area contributed by atoms with E-state index in [9.17, 15) is 9.18 Å². The molecule has 29 heavy (non-hydrogen) atoms. The highest BCUT2D eigenvalue weighted by Gasteiger charge is 2.30. The van der Waals surface area contributed by atoms with Crippen molar-refractivity contribution in [1.82, 2.24) is 4.90 Å². The first-order valence-corrected chi connectivity index (χ1v) is 10.1. The molecular weight excluding hydrogens is 371 g/mol. The van der Waals surface area contributed by atoms with Crippen molar-refractivity contribution in [3.63, 3.8) is 0 Å². The van der Waals surface area contributed by atoms with E-state index in [1.165, 1.54) is 24.6 Å². The number of ether oxygens (including phenoxy) is 1. The van der Waals surface area contributed by atoms with Gasteiger partial charge in [0.2, 0.25) is 5.91 Å². The second-order valence-corrected chi connectivity index (χ2v) is 7.42. The molecule has 1 aliphatic rings. The fraction of sp³-hybridized carbons (Fsp3) is 0.435. The molecule has 0 spiro atoms. The Labute approximate surface area is 172 Å². The molecule has 2 aromatic rings. The summed E-state index contributed by atoms with van der Waals surface area (Å²) in [6.07, 6.45) is 1.91. The third-order valence-corrected chi connectivity index (χ3v) is 5.42. The predicted molar refractivity (Wildman–Crippen MR) is 111 cm³/mol. The zero-order chi connectivity index (χ0) is 20.6. The summed E-state index contributed by atoms with van der Waals surface area (Å²) in [6, 6.07) is 16.6. The van der Waals surface area contributed by atoms with Crippen molar-refractivity contribution in [2.24, 2.45) is 5.92 Å². The summed E-state index contributed by atoms with van der Waals surface area (Å²) < 4.78 is 19.8. The van der Waals surface area contributed by atoms with Crippen LogP contribution in [0.2, 0.25) is 0 Å². The molecule has 1 fully saturated rings. The van der Waals surface area contributed by atoms with E-state index in [1.54, 1.807) is 19.2 Å². The van der Waals surface area contributed by atoms with E-state index in [0.29, 0.717) is 6.61 Å². The van der Waals surface area contributed by atoms with Gasteiger partial charge >= 0.3 is 0 Å². The van der Waals surface area contributed by atoms with Crippen LogP contribution in [0.15, 0.2) is 54.6 Å². The van der Waals surface area contributed by atoms with Crippen LogP contribution in [-0.4, -0.2) is 50.3 Å². The highest BCUT2D eigenvalue weighted by molar-refractivity contribution is 5.89. The molecule has 0 N–H and O–H groups in total. The zero-order valence-electron chi connectivity index (χ0n) is 17.1. The molecule has 5 nitrogen and oxygen atoms in total. The van der Waals surface area contributed by atoms with Gasteiger partial charge in [0.25, 0.3) is 0 Å². The van der Waals surface area contributed by atoms with E-state index in [4.69, 9.17) is 9.57 Å². The zero-order valence-corrected chi connectivity index (χ0v) is 17.1. The number of carbonyl (C=O) groups excluding carboxylic acids is 1. The Morgan fingerprint density at radius 1 is 1.17 bits per heavy atom. The molecule has 1 aliphatic heterocycles. The molecule has 6 heteroatoms. The number of hydrogen-bond donors (Lipinski definition) is 0. The Hall–Kier alpha value is -2.28. The average molecular weight is 400 g/mol. The molecule has 0 unspecified atom stereocenters. The molecule has 0 bridgehead atoms. The van der Waals surface area contributed by atoms with Gasteiger partial charge in [0.15, 0.2) is 0 Å². The summed E-state index contributed by atoms with van der Waals surface area (Å²) in [5.41, 5.74) is 1.46. The van der Waals surface area contributed by atoms with Crippen molar-refractivity contribution >= 4 is 11.6 Å². The molecule has 3 rings (SSSR count). The molecule has 2 atom stereocenters. The highest BCUT2D eigenvalue weighted by Crippen LogP contribution is 2.24. The number of para-hydroxylation sites is 1. The highest BCUT2D eigenvalue weighted by atomic mass is 19.1. The Balaban J connectivity index is 1.54. The number of likely N-dealkylation sites (tertiary alicyclic amines) is 1. The summed E-state index contributed by atoms with van der Waals surface area (Å²) in [4.78, 5) is 20.1. The maximum atomic E-state index is 14.1. The van der Waals surface area contributed by atoms with Crippen molar-refractivity contribution in [3.8, 4) is 0 Å². The Kier molecular flexibility index (Phi) is 7.75. The predicted octanol–water partition coefficient (Wildman–Crippen LogP) is 3.69. The number of halogens is 1. The molecule has 1 saturated heterocycles. The second kappa shape index (κ2) is 10.5. The van der Waals surface area contributed by atoms with Crippen LogP contribution >= 0.6 is 0 Å². The van der Waals surface area contributed by atoms with Crippen LogP contribution in [0.1, 0.15) is 18.9 Å². The van der Waals surface area contributed by atoms with Crippen molar-refractivity contribution in [3.05, 3.63) is 66.0 Å². The van der Waals surface area contributed by atoms with E-state index >= 15 is 0 Å². The van der Waals surface area contributed by atoms with Gasteiger partial charge in [-0.1, -0.05) is 42.5 Å². The molecular formula is C23H29FN2O3. The minimum Gasteiger partial charge on any atom is -0.380 e. The Bertz CT molecular complexity index is 787. The molecule has 1 heterocycles. The molecule has 1 amide bonds. The molecule has 0 saturated carbocycles. The van der Waals surface area contributed by atoms with Crippen LogP contribution in [0.25, 0.3) is 0 Å². The number of piperidine rings is 1. The minimum absolute atomic E-state index is 0.00829. The van der Waals surface area contributed by atoms with E-state index in [0.717, 1.165) is 37.5 Å². The minimum atomic E-state index is -0.485. The summed E-state index contributed by atoms with van der Waals surface area (Å²) in [5, 5.41) is 1.05. The van der Waals surface area contributed by atoms with Gasteiger partial charge in [-0.15, -0.1) is 0 Å². The van der Waals surface area contributed by atoms with Crippen LogP contribution in [0.4, 0.5) is 10.1 Å². The summed E-state index contributed by atoms with van der Waals surface area (Å²) in [5.74, 6) is -0.701. The molecule has 156 valence electrons. The van der Waals surface area contributed by atoms with Crippen LogP contribution in [-0.2, 0) is 20.8 Å². The van der Waals surface area contributed by atoms with Gasteiger partial charge < -0.3 is 9.64 Å². The van der Waals surface area contributed by atoms with Gasteiger partial charge in [0.05, 0.1) is 12.7 Å². The monoisotopic (exact) mass is 400 g/mol. The molecule has 2 aromatic carbocycles. The number of anilines is 1. The topological polar surface area (TPSA) is 42.0 Å². The first-order chi connectivity index (χ1) is 14.1. The van der Waals surface area contributed by atoms with Gasteiger partial charge in [-0.05, 0) is 37.1 Å². The molecule has 0 aromatic heterocycles. The lowest BCUT2D eigenvalue weighted by molar-refractivity contribution is -0.126. The van der Waals surface area contributed by atoms with Crippen molar-refractivity contribution in [1.29, 1.82) is 0 Å². The normalized spacial score (nSPS) is 19.8. The largest absolute Gasteiger partial charge is 0.380 e. The van der Waals surface area contributed by atoms with Crippen LogP contribution < -0.4 is 5.06 Å². The lowest BCUT2D eigenvalue weighted by atomic mass is 9.94. The van der Waals surface area contributed by atoms with Gasteiger partial charge in [-0.2, -0.15) is 5.06 Å². The maximum absolute atomic E-state index is 14.1. The van der Waals surface area contributed by atoms with Gasteiger partial charge in [0, 0.05) is 33.0 Å². The number of methoxy groups -OCH3 is 1. The standard InChI is InChI=1S/C23H29FN2O3/c1-18(27)26(22-11-7-6-10-21(22)24)29-17-20-13-15-25(16-23(20)28-2)14-12-19-8-4-3-5-9-19/h3-11,20,23H,12-17H2,1-2H3/t20-,23-/m0/s1. The number of nitrogens with zero attached hydrogens (tertiary/aromatic N) is 2. The summed E-state index contributed by atoms with van der Waals surface area (Å²) in [6.45, 7) is 4.41. The number of benzene rings is 2. The number of hydrogen-bond acceptors (Lipinski definition) is 4. The van der Waals surface area contributed by atoms with Crippen LogP contribution in [0.5, 0.6) is 0 Å². The number of amides is 1. The van der Waals surface area contributed by atoms with Crippen LogP contribution in [0.3, 0.4) is 0 Å². The molecule has 0 radical (unpaired) electrons. The van der Waals surface area contributed by atoms with E-state index < -0.39 is 5.82 Å². The fourth-order valence-corrected chi connectivity index (χ4v) is 3.74. The first-order valence-electron chi connectivity index (χ1n) is 10.1. The lowest BCUT2D eigenvalue weighted by Crippen LogP contribution is -2.47. The van der Waals surface area contributed by atoms with E-state index in [2.05, 4.69) is 29.2 Å². The number of rotatable bonds is 8. The van der Waals surface area contributed by atoms with Gasteiger partial charge in [0.1, 0.15) is 11.5 Å². The second-order valence-electron chi connectivity index (χ2n) is 7.42. The third kappa shape index (κ3) is 5.85. The Morgan fingerprint density at radius 3 is 2.59 bits per heavy atom. The van der Waals surface area contributed by atoms with Crippen molar-refractivity contribution in [2.75, 3.05) is 38.4 Å². The van der Waals surface area contributed by atoms with E-state index in [1.807, 2.05) is 6.07 Å².